The Morgan fingerprint density at radius 1 is 0.830 bits per heavy atom. The molecule has 0 saturated carbocycles. The number of carboxylic acids is 1. The second kappa shape index (κ2) is 15.9. The van der Waals surface area contributed by atoms with Crippen LogP contribution >= 0.6 is 11.8 Å². The number of carbonyl (C=O) groups is 1. The summed E-state index contributed by atoms with van der Waals surface area (Å²) in [5, 5.41) is 10.1. The van der Waals surface area contributed by atoms with E-state index in [9.17, 15) is 30.4 Å². The van der Waals surface area contributed by atoms with E-state index in [4.69, 9.17) is 9.52 Å². The third-order valence-corrected chi connectivity index (χ3v) is 13.3. The molecule has 0 spiro atoms. The zero-order chi connectivity index (χ0) is 38.8. The van der Waals surface area contributed by atoms with Crippen molar-refractivity contribution in [2.75, 3.05) is 36.8 Å². The molecule has 53 heavy (non-hydrogen) atoms. The van der Waals surface area contributed by atoms with Crippen molar-refractivity contribution >= 4 is 54.4 Å². The van der Waals surface area contributed by atoms with Gasteiger partial charge in [-0.05, 0) is 52.0 Å². The Balaban J connectivity index is 1.71. The van der Waals surface area contributed by atoms with Gasteiger partial charge in [-0.25, -0.2) is 39.0 Å². The second-order valence-electron chi connectivity index (χ2n) is 11.7. The van der Waals surface area contributed by atoms with E-state index in [1.807, 2.05) is 52.0 Å². The molecule has 2 N–H and O–H groups in total. The standard InChI is InChI=1S/C36H35F4N3O7S3/c1-5-42(6-2)21-13-15-23-26(19-21)50-27-20-22(43(7-3)8-4)14-16-24(27)30(23)25-11-9-10-12-28(25)52(46,47)41-53(48,49)36-33(39)31(37)35(32(38)34(36)40)51-18-17-29(44)45/h9-16,19-20,41H,5-8,17-18H2,1-4H3/p+1. The monoisotopic (exact) mass is 794 g/mol. The average Bonchev–Trinajstić information content (AvgIpc) is 3.11. The van der Waals surface area contributed by atoms with Crippen molar-refractivity contribution in [2.24, 2.45) is 0 Å². The molecular formula is C36H36F4N3O7S3+. The molecule has 0 bridgehead atoms. The van der Waals surface area contributed by atoms with Gasteiger partial charge in [0, 0.05) is 58.7 Å². The number of hydrogen-bond donors (Lipinski definition) is 2. The van der Waals surface area contributed by atoms with E-state index in [1.165, 1.54) is 22.3 Å². The molecule has 0 saturated heterocycles. The van der Waals surface area contributed by atoms with Crippen LogP contribution in [0.1, 0.15) is 34.1 Å². The number of nitrogens with one attached hydrogen (secondary N) is 1. The molecule has 3 aromatic carbocycles. The molecular weight excluding hydrogens is 759 g/mol. The SMILES string of the molecule is CCN(CC)c1ccc2c(-c3ccccc3S(=O)(=O)NS(=O)(=O)c3c(F)c(F)c(SCCC(=O)O)c(F)c3F)c3ccc(=[N+](CC)CC)cc-3oc2c1. The van der Waals surface area contributed by atoms with Crippen LogP contribution in [0.5, 0.6) is 0 Å². The van der Waals surface area contributed by atoms with E-state index >= 15 is 8.78 Å². The van der Waals surface area contributed by atoms with Crippen LogP contribution in [0, 0.1) is 23.3 Å². The maximum absolute atomic E-state index is 15.2. The Morgan fingerprint density at radius 3 is 2.08 bits per heavy atom. The summed E-state index contributed by atoms with van der Waals surface area (Å²) in [4.78, 5) is 8.76. The lowest BCUT2D eigenvalue weighted by Gasteiger charge is -2.23. The molecule has 17 heteroatoms. The highest BCUT2D eigenvalue weighted by atomic mass is 32.3. The first-order valence-corrected chi connectivity index (χ1v) is 20.5. The Hall–Kier alpha value is -4.45. The average molecular weight is 795 g/mol. The molecule has 10 nitrogen and oxygen atoms in total. The van der Waals surface area contributed by atoms with Gasteiger partial charge in [0.05, 0.1) is 22.3 Å². The topological polar surface area (TPSA) is 137 Å². The van der Waals surface area contributed by atoms with Crippen LogP contribution < -0.4 is 19.0 Å². The Kier molecular flexibility index (Phi) is 11.9. The predicted molar refractivity (Wildman–Crippen MR) is 195 cm³/mol. The molecule has 1 aliphatic carbocycles. The van der Waals surface area contributed by atoms with Crippen molar-refractivity contribution in [1.29, 1.82) is 0 Å². The van der Waals surface area contributed by atoms with E-state index in [0.717, 1.165) is 17.1 Å². The number of rotatable bonds is 14. The molecule has 282 valence electrons. The predicted octanol–water partition coefficient (Wildman–Crippen LogP) is 6.65. The molecule has 0 amide bonds. The highest BCUT2D eigenvalue weighted by molar-refractivity contribution is 8.04. The van der Waals surface area contributed by atoms with Gasteiger partial charge >= 0.3 is 5.97 Å². The molecule has 0 unspecified atom stereocenters. The summed E-state index contributed by atoms with van der Waals surface area (Å²) in [7, 11) is -11.1. The fourth-order valence-electron chi connectivity index (χ4n) is 6.06. The van der Waals surface area contributed by atoms with E-state index in [1.54, 1.807) is 12.1 Å². The van der Waals surface area contributed by atoms with Gasteiger partial charge in [0.2, 0.25) is 5.36 Å². The Labute approximate surface area is 308 Å². The fourth-order valence-corrected chi connectivity index (χ4v) is 10.2. The lowest BCUT2D eigenvalue weighted by atomic mass is 9.93. The second-order valence-corrected chi connectivity index (χ2v) is 16.3. The summed E-state index contributed by atoms with van der Waals surface area (Å²) in [5.74, 6) is -10.5. The van der Waals surface area contributed by atoms with Gasteiger partial charge in [0.1, 0.15) is 24.4 Å². The van der Waals surface area contributed by atoms with Crippen LogP contribution in [0.15, 0.2) is 79.8 Å². The summed E-state index contributed by atoms with van der Waals surface area (Å²) in [6.45, 7) is 10.7. The molecule has 0 fully saturated rings. The van der Waals surface area contributed by atoms with Gasteiger partial charge < -0.3 is 14.4 Å². The molecule has 3 aromatic rings. The van der Waals surface area contributed by atoms with Crippen LogP contribution in [0.3, 0.4) is 0 Å². The summed E-state index contributed by atoms with van der Waals surface area (Å²) < 4.78 is 125. The van der Waals surface area contributed by atoms with E-state index in [-0.39, 0.29) is 17.3 Å². The first-order valence-electron chi connectivity index (χ1n) is 16.5. The molecule has 0 aromatic heterocycles. The molecule has 1 heterocycles. The number of nitrogens with zero attached hydrogens (tertiary/aromatic N) is 2. The number of carboxylic acid groups (broad SMARTS) is 1. The number of halogens is 4. The normalized spacial score (nSPS) is 12.1. The fraction of sp³-hybridized carbons (Fsp3) is 0.278. The van der Waals surface area contributed by atoms with E-state index in [2.05, 4.69) is 9.48 Å². The Bertz CT molecular complexity index is 2450. The van der Waals surface area contributed by atoms with Crippen LogP contribution in [-0.2, 0) is 24.8 Å². The number of sulfonamides is 2. The first kappa shape index (κ1) is 39.8. The van der Waals surface area contributed by atoms with E-state index < -0.39 is 76.1 Å². The maximum Gasteiger partial charge on any atom is 0.304 e. The number of anilines is 1. The lowest BCUT2D eigenvalue weighted by molar-refractivity contribution is -0.136. The van der Waals surface area contributed by atoms with Crippen LogP contribution in [-0.4, -0.2) is 59.8 Å². The third-order valence-electron chi connectivity index (χ3n) is 8.63. The van der Waals surface area contributed by atoms with Crippen molar-refractivity contribution in [1.82, 2.24) is 8.70 Å². The molecule has 5 rings (SSSR count). The zero-order valence-electron chi connectivity index (χ0n) is 29.0. The van der Waals surface area contributed by atoms with Gasteiger partial charge in [-0.1, -0.05) is 18.2 Å². The summed E-state index contributed by atoms with van der Waals surface area (Å²) in [6.07, 6.45) is -0.625. The van der Waals surface area contributed by atoms with Gasteiger partial charge in [0.15, 0.2) is 28.2 Å². The van der Waals surface area contributed by atoms with Crippen LogP contribution in [0.2, 0.25) is 0 Å². The largest absolute Gasteiger partial charge is 0.481 e. The van der Waals surface area contributed by atoms with Crippen molar-refractivity contribution in [3.05, 3.63) is 89.3 Å². The smallest absolute Gasteiger partial charge is 0.304 e. The minimum absolute atomic E-state index is 0.00402. The summed E-state index contributed by atoms with van der Waals surface area (Å²) >= 11 is 0.113. The highest BCUT2D eigenvalue weighted by Crippen LogP contribution is 2.43. The number of thioether (sulfide) groups is 1. The Morgan fingerprint density at radius 2 is 1.47 bits per heavy atom. The van der Waals surface area contributed by atoms with Crippen LogP contribution in [0.4, 0.5) is 23.2 Å². The summed E-state index contributed by atoms with van der Waals surface area (Å²) in [6, 6.07) is 16.1. The van der Waals surface area contributed by atoms with E-state index in [0.29, 0.717) is 54.0 Å². The number of benzene rings is 4. The minimum atomic E-state index is -5.85. The third kappa shape index (κ3) is 7.79. The summed E-state index contributed by atoms with van der Waals surface area (Å²) in [5.41, 5.74) is 2.02. The molecule has 0 radical (unpaired) electrons. The quantitative estimate of drug-likeness (QED) is 0.0416. The van der Waals surface area contributed by atoms with Crippen molar-refractivity contribution in [3.8, 4) is 22.5 Å². The minimum Gasteiger partial charge on any atom is -0.481 e. The molecule has 1 aliphatic heterocycles. The van der Waals surface area contributed by atoms with Gasteiger partial charge in [-0.3, -0.25) is 4.79 Å². The van der Waals surface area contributed by atoms with Crippen molar-refractivity contribution in [3.63, 3.8) is 0 Å². The van der Waals surface area contributed by atoms with Crippen molar-refractivity contribution < 1.29 is 48.7 Å². The van der Waals surface area contributed by atoms with Gasteiger partial charge in [0.25, 0.3) is 20.0 Å². The molecule has 2 aliphatic rings. The van der Waals surface area contributed by atoms with Crippen LogP contribution in [0.25, 0.3) is 33.4 Å². The van der Waals surface area contributed by atoms with Gasteiger partial charge in [-0.15, -0.1) is 15.9 Å². The number of fused-ring (bicyclic) bond motifs is 2. The van der Waals surface area contributed by atoms with Gasteiger partial charge in [-0.2, -0.15) is 0 Å². The zero-order valence-corrected chi connectivity index (χ0v) is 31.5. The highest BCUT2D eigenvalue weighted by Gasteiger charge is 2.37. The lowest BCUT2D eigenvalue weighted by Crippen LogP contribution is -2.33. The number of aliphatic carboxylic acids is 1. The maximum atomic E-state index is 15.2. The van der Waals surface area contributed by atoms with Crippen molar-refractivity contribution in [2.45, 2.75) is 48.8 Å². The molecule has 0 atom stereocenters. The first-order chi connectivity index (χ1) is 25.1. The number of hydrogen-bond acceptors (Lipinski definition) is 8.